The molecule has 0 aromatic carbocycles. The van der Waals surface area contributed by atoms with Gasteiger partial charge < -0.3 is 15.3 Å². The highest BCUT2D eigenvalue weighted by atomic mass is 32.2. The molecule has 2 fully saturated rings. The van der Waals surface area contributed by atoms with E-state index in [0.29, 0.717) is 25.1 Å². The van der Waals surface area contributed by atoms with Gasteiger partial charge >= 0.3 is 12.0 Å². The van der Waals surface area contributed by atoms with Crippen LogP contribution in [0, 0.1) is 0 Å². The number of hydrogen-bond donors (Lipinski definition) is 2. The van der Waals surface area contributed by atoms with Gasteiger partial charge in [-0.2, -0.15) is 11.8 Å². The molecule has 0 aromatic heterocycles. The second-order valence-corrected chi connectivity index (χ2v) is 8.45. The average molecular weight is 322 g/mol. The number of carboxylic acid groups (broad SMARTS) is 1. The maximum Gasteiger partial charge on any atom is 0.327 e. The van der Waals surface area contributed by atoms with Crippen LogP contribution in [-0.2, 0) is 14.6 Å². The largest absolute Gasteiger partial charge is 0.480 e. The number of sulfone groups is 1. The summed E-state index contributed by atoms with van der Waals surface area (Å²) in [5.41, 5.74) is 0. The maximum absolute atomic E-state index is 12.1. The zero-order valence-corrected chi connectivity index (χ0v) is 12.6. The van der Waals surface area contributed by atoms with Crippen LogP contribution in [0.25, 0.3) is 0 Å². The number of rotatable bonds is 2. The number of carboxylic acids is 1. The van der Waals surface area contributed by atoms with Crippen molar-refractivity contribution in [3.8, 4) is 0 Å². The second-order valence-electron chi connectivity index (χ2n) is 5.00. The molecule has 0 spiro atoms. The third-order valence-corrected chi connectivity index (χ3v) is 6.29. The van der Waals surface area contributed by atoms with Crippen LogP contribution in [0.3, 0.4) is 0 Å². The molecule has 0 saturated carbocycles. The van der Waals surface area contributed by atoms with Crippen LogP contribution in [0.1, 0.15) is 12.8 Å². The Hall–Kier alpha value is -0.960. The van der Waals surface area contributed by atoms with Crippen LogP contribution in [-0.4, -0.2) is 72.1 Å². The molecular formula is C11H18N2O5S2. The van der Waals surface area contributed by atoms with Gasteiger partial charge in [-0.15, -0.1) is 0 Å². The van der Waals surface area contributed by atoms with Crippen molar-refractivity contribution in [2.24, 2.45) is 0 Å². The molecular weight excluding hydrogens is 304 g/mol. The standard InChI is InChI=1S/C11H18N2O5S2/c14-10(15)9-7-19-4-3-13(9)11(16)12-8-1-5-20(17,18)6-2-8/h8-9H,1-7H2,(H,12,16)(H,14,15). The summed E-state index contributed by atoms with van der Waals surface area (Å²) in [5.74, 6) is 0.267. The first-order valence-electron chi connectivity index (χ1n) is 6.47. The van der Waals surface area contributed by atoms with Crippen LogP contribution >= 0.6 is 11.8 Å². The predicted molar refractivity (Wildman–Crippen MR) is 75.7 cm³/mol. The van der Waals surface area contributed by atoms with Gasteiger partial charge in [0, 0.05) is 24.1 Å². The van der Waals surface area contributed by atoms with Gasteiger partial charge in [-0.1, -0.05) is 0 Å². The Kier molecular flexibility index (Phi) is 4.79. The van der Waals surface area contributed by atoms with Crippen molar-refractivity contribution < 1.29 is 23.1 Å². The van der Waals surface area contributed by atoms with Gasteiger partial charge in [0.25, 0.3) is 0 Å². The van der Waals surface area contributed by atoms with E-state index in [-0.39, 0.29) is 17.5 Å². The van der Waals surface area contributed by atoms with Gasteiger partial charge in [0.05, 0.1) is 11.5 Å². The fraction of sp³-hybridized carbons (Fsp3) is 0.818. The van der Waals surface area contributed by atoms with Crippen molar-refractivity contribution in [3.63, 3.8) is 0 Å². The van der Waals surface area contributed by atoms with Crippen LogP contribution < -0.4 is 5.32 Å². The number of urea groups is 1. The normalized spacial score (nSPS) is 27.0. The third-order valence-electron chi connectivity index (χ3n) is 3.56. The Labute approximate surface area is 122 Å². The molecule has 1 atom stereocenters. The third kappa shape index (κ3) is 3.78. The molecule has 2 N–H and O–H groups in total. The predicted octanol–water partition coefficient (Wildman–Crippen LogP) is -0.225. The van der Waals surface area contributed by atoms with Gasteiger partial charge in [0.15, 0.2) is 0 Å². The smallest absolute Gasteiger partial charge is 0.327 e. The molecule has 2 aliphatic heterocycles. The minimum Gasteiger partial charge on any atom is -0.480 e. The number of amides is 2. The molecule has 1 unspecified atom stereocenters. The topological polar surface area (TPSA) is 104 Å². The van der Waals surface area contributed by atoms with Crippen molar-refractivity contribution in [2.45, 2.75) is 24.9 Å². The molecule has 0 aliphatic carbocycles. The quantitative estimate of drug-likeness (QED) is 0.728. The SMILES string of the molecule is O=C(O)C1CSCCN1C(=O)NC1CCS(=O)(=O)CC1. The van der Waals surface area contributed by atoms with Gasteiger partial charge in [-0.05, 0) is 12.8 Å². The lowest BCUT2D eigenvalue weighted by atomic mass is 10.1. The fourth-order valence-corrected chi connectivity index (χ4v) is 4.87. The Morgan fingerprint density at radius 2 is 1.90 bits per heavy atom. The molecule has 0 radical (unpaired) electrons. The van der Waals surface area contributed by atoms with E-state index in [0.717, 1.165) is 5.75 Å². The van der Waals surface area contributed by atoms with E-state index in [1.165, 1.54) is 16.7 Å². The van der Waals surface area contributed by atoms with Crippen molar-refractivity contribution in [1.29, 1.82) is 0 Å². The number of hydrogen-bond acceptors (Lipinski definition) is 5. The van der Waals surface area contributed by atoms with Crippen molar-refractivity contribution in [2.75, 3.05) is 29.6 Å². The maximum atomic E-state index is 12.1. The Bertz CT molecular complexity index is 479. The molecule has 2 saturated heterocycles. The Balaban J connectivity index is 1.92. The molecule has 0 aromatic rings. The lowest BCUT2D eigenvalue weighted by molar-refractivity contribution is -0.141. The average Bonchev–Trinajstić information content (AvgIpc) is 2.41. The van der Waals surface area contributed by atoms with Crippen molar-refractivity contribution in [3.05, 3.63) is 0 Å². The molecule has 114 valence electrons. The number of aliphatic carboxylic acids is 1. The van der Waals surface area contributed by atoms with Crippen LogP contribution in [0.15, 0.2) is 0 Å². The first-order valence-corrected chi connectivity index (χ1v) is 9.45. The summed E-state index contributed by atoms with van der Waals surface area (Å²) in [6.07, 6.45) is 0.794. The lowest BCUT2D eigenvalue weighted by Crippen LogP contribution is -2.56. The second kappa shape index (κ2) is 6.21. The van der Waals surface area contributed by atoms with E-state index < -0.39 is 27.9 Å². The van der Waals surface area contributed by atoms with Crippen LogP contribution in [0.5, 0.6) is 0 Å². The molecule has 0 bridgehead atoms. The monoisotopic (exact) mass is 322 g/mol. The number of carbonyl (C=O) groups is 2. The summed E-state index contributed by atoms with van der Waals surface area (Å²) in [5, 5.41) is 11.9. The molecule has 2 amide bonds. The zero-order chi connectivity index (χ0) is 14.8. The van der Waals surface area contributed by atoms with E-state index in [4.69, 9.17) is 5.11 Å². The van der Waals surface area contributed by atoms with Crippen LogP contribution in [0.4, 0.5) is 4.79 Å². The number of nitrogens with zero attached hydrogens (tertiary/aromatic N) is 1. The molecule has 2 rings (SSSR count). The zero-order valence-electron chi connectivity index (χ0n) is 10.9. The van der Waals surface area contributed by atoms with Gasteiger partial charge in [0.1, 0.15) is 15.9 Å². The number of thioether (sulfide) groups is 1. The molecule has 2 aliphatic rings. The van der Waals surface area contributed by atoms with Crippen molar-refractivity contribution >= 4 is 33.6 Å². The highest BCUT2D eigenvalue weighted by Crippen LogP contribution is 2.18. The molecule has 2 heterocycles. The minimum atomic E-state index is -2.96. The summed E-state index contributed by atoms with van der Waals surface area (Å²) in [6, 6.07) is -1.39. The number of nitrogens with one attached hydrogen (secondary N) is 1. The van der Waals surface area contributed by atoms with E-state index >= 15 is 0 Å². The summed E-state index contributed by atoms with van der Waals surface area (Å²) < 4.78 is 22.6. The summed E-state index contributed by atoms with van der Waals surface area (Å²) in [7, 11) is -2.96. The number of carbonyl (C=O) groups excluding carboxylic acids is 1. The Morgan fingerprint density at radius 1 is 1.25 bits per heavy atom. The highest BCUT2D eigenvalue weighted by molar-refractivity contribution is 7.99. The highest BCUT2D eigenvalue weighted by Gasteiger charge is 2.34. The summed E-state index contributed by atoms with van der Waals surface area (Å²) in [6.45, 7) is 0.401. The first kappa shape index (κ1) is 15.4. The van der Waals surface area contributed by atoms with Crippen LogP contribution in [0.2, 0.25) is 0 Å². The summed E-state index contributed by atoms with van der Waals surface area (Å²) >= 11 is 1.52. The fourth-order valence-electron chi connectivity index (χ4n) is 2.34. The van der Waals surface area contributed by atoms with E-state index in [9.17, 15) is 18.0 Å². The van der Waals surface area contributed by atoms with Gasteiger partial charge in [-0.3, -0.25) is 0 Å². The van der Waals surface area contributed by atoms with E-state index in [1.54, 1.807) is 0 Å². The van der Waals surface area contributed by atoms with E-state index in [1.807, 2.05) is 0 Å². The molecule has 9 heteroatoms. The van der Waals surface area contributed by atoms with Gasteiger partial charge in [-0.25, -0.2) is 18.0 Å². The minimum absolute atomic E-state index is 0.0795. The molecule has 7 nitrogen and oxygen atoms in total. The van der Waals surface area contributed by atoms with E-state index in [2.05, 4.69) is 5.32 Å². The van der Waals surface area contributed by atoms with Gasteiger partial charge in [0.2, 0.25) is 0 Å². The van der Waals surface area contributed by atoms with Crippen molar-refractivity contribution in [1.82, 2.24) is 10.2 Å². The first-order chi connectivity index (χ1) is 9.39. The summed E-state index contributed by atoms with van der Waals surface area (Å²) in [4.78, 5) is 24.6. The molecule has 20 heavy (non-hydrogen) atoms. The Morgan fingerprint density at radius 3 is 2.50 bits per heavy atom. The lowest BCUT2D eigenvalue weighted by Gasteiger charge is -2.34.